The summed E-state index contributed by atoms with van der Waals surface area (Å²) in [5.41, 5.74) is 6.69. The molecule has 112 valence electrons. The van der Waals surface area contributed by atoms with Crippen molar-refractivity contribution >= 4 is 28.2 Å². The van der Waals surface area contributed by atoms with Crippen LogP contribution in [0.15, 0.2) is 35.8 Å². The molecule has 2 aromatic heterocycles. The number of nitrogens with zero attached hydrogens (tertiary/aromatic N) is 4. The molecule has 1 aromatic carbocycles. The van der Waals surface area contributed by atoms with Crippen molar-refractivity contribution in [1.29, 1.82) is 0 Å². The molecule has 1 amide bonds. The monoisotopic (exact) mass is 316 g/mol. The predicted octanol–water partition coefficient (Wildman–Crippen LogP) is 1.57. The fourth-order valence-electron chi connectivity index (χ4n) is 1.81. The topological polar surface area (TPSA) is 108 Å². The molecule has 0 saturated heterocycles. The summed E-state index contributed by atoms with van der Waals surface area (Å²) in [6.45, 7) is 0. The second kappa shape index (κ2) is 5.82. The standard InChI is InChI=1S/C13H12N6O2S/c1-21-9-4-2-8(3-5-9)19-11(14)10(17-18-19)12(20)16-13-15-6-7-22-13/h2-7H,14H2,1H3,(H,15,16,20). The number of anilines is 2. The average Bonchev–Trinajstić information content (AvgIpc) is 3.17. The summed E-state index contributed by atoms with van der Waals surface area (Å²) in [5, 5.41) is 12.6. The lowest BCUT2D eigenvalue weighted by atomic mass is 10.3. The van der Waals surface area contributed by atoms with E-state index < -0.39 is 5.91 Å². The van der Waals surface area contributed by atoms with Crippen molar-refractivity contribution in [1.82, 2.24) is 20.0 Å². The van der Waals surface area contributed by atoms with Gasteiger partial charge in [-0.05, 0) is 24.3 Å². The molecule has 0 spiro atoms. The number of methoxy groups -OCH3 is 1. The highest BCUT2D eigenvalue weighted by atomic mass is 32.1. The zero-order valence-electron chi connectivity index (χ0n) is 11.6. The van der Waals surface area contributed by atoms with E-state index in [0.29, 0.717) is 16.6 Å². The van der Waals surface area contributed by atoms with Crippen molar-refractivity contribution in [2.45, 2.75) is 0 Å². The van der Waals surface area contributed by atoms with Gasteiger partial charge in [-0.1, -0.05) is 5.21 Å². The summed E-state index contributed by atoms with van der Waals surface area (Å²) < 4.78 is 6.48. The van der Waals surface area contributed by atoms with Crippen LogP contribution in [0.1, 0.15) is 10.5 Å². The van der Waals surface area contributed by atoms with E-state index in [2.05, 4.69) is 20.6 Å². The number of carbonyl (C=O) groups excluding carboxylic acids is 1. The first-order chi connectivity index (χ1) is 10.7. The molecule has 8 nitrogen and oxygen atoms in total. The third-order valence-corrected chi connectivity index (χ3v) is 3.58. The fraction of sp³-hybridized carbons (Fsp3) is 0.0769. The molecule has 0 aliphatic carbocycles. The number of ether oxygens (including phenoxy) is 1. The molecule has 9 heteroatoms. The minimum atomic E-state index is -0.452. The number of rotatable bonds is 4. The summed E-state index contributed by atoms with van der Waals surface area (Å²) >= 11 is 1.31. The summed E-state index contributed by atoms with van der Waals surface area (Å²) in [4.78, 5) is 16.1. The van der Waals surface area contributed by atoms with E-state index >= 15 is 0 Å². The van der Waals surface area contributed by atoms with Crippen molar-refractivity contribution in [3.05, 3.63) is 41.5 Å². The van der Waals surface area contributed by atoms with Crippen LogP contribution in [0.2, 0.25) is 0 Å². The van der Waals surface area contributed by atoms with Crippen LogP contribution in [-0.4, -0.2) is 33.0 Å². The lowest BCUT2D eigenvalue weighted by Gasteiger charge is -2.05. The van der Waals surface area contributed by atoms with Gasteiger partial charge in [0.1, 0.15) is 5.75 Å². The first-order valence-corrected chi connectivity index (χ1v) is 7.13. The van der Waals surface area contributed by atoms with Crippen molar-refractivity contribution < 1.29 is 9.53 Å². The second-order valence-electron chi connectivity index (χ2n) is 4.22. The molecule has 0 unspecified atom stereocenters. The van der Waals surface area contributed by atoms with Gasteiger partial charge in [-0.15, -0.1) is 16.4 Å². The SMILES string of the molecule is COc1ccc(-n2nnc(C(=O)Nc3nccs3)c2N)cc1. The zero-order valence-corrected chi connectivity index (χ0v) is 12.4. The van der Waals surface area contributed by atoms with Crippen molar-refractivity contribution in [3.8, 4) is 11.4 Å². The smallest absolute Gasteiger partial charge is 0.281 e. The number of hydrogen-bond acceptors (Lipinski definition) is 7. The van der Waals surface area contributed by atoms with Gasteiger partial charge >= 0.3 is 0 Å². The summed E-state index contributed by atoms with van der Waals surface area (Å²) in [7, 11) is 1.58. The molecule has 22 heavy (non-hydrogen) atoms. The van der Waals surface area contributed by atoms with Gasteiger partial charge in [-0.3, -0.25) is 10.1 Å². The summed E-state index contributed by atoms with van der Waals surface area (Å²) in [6, 6.07) is 7.08. The number of hydrogen-bond donors (Lipinski definition) is 2. The molecule has 0 fully saturated rings. The van der Waals surface area contributed by atoms with Crippen LogP contribution in [-0.2, 0) is 0 Å². The summed E-state index contributed by atoms with van der Waals surface area (Å²) in [6.07, 6.45) is 1.60. The number of benzene rings is 1. The number of amides is 1. The van der Waals surface area contributed by atoms with Crippen LogP contribution in [0.25, 0.3) is 5.69 Å². The first-order valence-electron chi connectivity index (χ1n) is 6.25. The molecule has 0 saturated carbocycles. The lowest BCUT2D eigenvalue weighted by Crippen LogP contribution is -2.14. The third-order valence-electron chi connectivity index (χ3n) is 2.89. The number of nitrogens with one attached hydrogen (secondary N) is 1. The summed E-state index contributed by atoms with van der Waals surface area (Å²) in [5.74, 6) is 0.413. The van der Waals surface area contributed by atoms with E-state index in [9.17, 15) is 4.79 Å². The minimum absolute atomic E-state index is 0.0472. The first kappa shape index (κ1) is 14.0. The van der Waals surface area contributed by atoms with Crippen LogP contribution in [0.3, 0.4) is 0 Å². The maximum atomic E-state index is 12.1. The van der Waals surface area contributed by atoms with Crippen LogP contribution < -0.4 is 15.8 Å². The Balaban J connectivity index is 1.86. The molecule has 0 radical (unpaired) electrons. The maximum absolute atomic E-state index is 12.1. The van der Waals surface area contributed by atoms with E-state index in [4.69, 9.17) is 10.5 Å². The Morgan fingerprint density at radius 2 is 2.14 bits per heavy atom. The molecule has 0 atom stereocenters. The fourth-order valence-corrected chi connectivity index (χ4v) is 2.33. The van der Waals surface area contributed by atoms with Gasteiger partial charge in [0.15, 0.2) is 16.6 Å². The lowest BCUT2D eigenvalue weighted by molar-refractivity contribution is 0.102. The molecule has 3 N–H and O–H groups in total. The molecular formula is C13H12N6O2S. The largest absolute Gasteiger partial charge is 0.497 e. The second-order valence-corrected chi connectivity index (χ2v) is 5.12. The van der Waals surface area contributed by atoms with Crippen LogP contribution >= 0.6 is 11.3 Å². The Labute approximate surface area is 129 Å². The van der Waals surface area contributed by atoms with E-state index in [1.165, 1.54) is 16.0 Å². The number of aromatic nitrogens is 4. The molecule has 0 bridgehead atoms. The third kappa shape index (κ3) is 2.61. The number of carbonyl (C=O) groups is 1. The van der Waals surface area contributed by atoms with Gasteiger partial charge < -0.3 is 10.5 Å². The maximum Gasteiger partial charge on any atom is 0.281 e. The van der Waals surface area contributed by atoms with Gasteiger partial charge in [0, 0.05) is 11.6 Å². The molecule has 2 heterocycles. The quantitative estimate of drug-likeness (QED) is 0.756. The molecule has 3 aromatic rings. The Morgan fingerprint density at radius 1 is 1.36 bits per heavy atom. The van der Waals surface area contributed by atoms with E-state index in [1.54, 1.807) is 43.0 Å². The average molecular weight is 316 g/mol. The Kier molecular flexibility index (Phi) is 3.71. The van der Waals surface area contributed by atoms with Crippen LogP contribution in [0, 0.1) is 0 Å². The number of thiazole rings is 1. The highest BCUT2D eigenvalue weighted by molar-refractivity contribution is 7.13. The Morgan fingerprint density at radius 3 is 2.77 bits per heavy atom. The number of nitrogens with two attached hydrogens (primary N) is 1. The van der Waals surface area contributed by atoms with Gasteiger partial charge in [-0.25, -0.2) is 4.98 Å². The van der Waals surface area contributed by atoms with Crippen molar-refractivity contribution in [2.75, 3.05) is 18.2 Å². The van der Waals surface area contributed by atoms with Gasteiger partial charge in [-0.2, -0.15) is 4.68 Å². The van der Waals surface area contributed by atoms with Gasteiger partial charge in [0.2, 0.25) is 0 Å². The molecule has 3 rings (SSSR count). The highest BCUT2D eigenvalue weighted by Gasteiger charge is 2.19. The van der Waals surface area contributed by atoms with Crippen LogP contribution in [0.4, 0.5) is 10.9 Å². The van der Waals surface area contributed by atoms with E-state index in [-0.39, 0.29) is 11.5 Å². The molecule has 0 aliphatic rings. The normalized spacial score (nSPS) is 10.4. The van der Waals surface area contributed by atoms with Crippen molar-refractivity contribution in [2.24, 2.45) is 0 Å². The van der Waals surface area contributed by atoms with E-state index in [1.807, 2.05) is 0 Å². The Bertz CT molecular complexity index is 781. The highest BCUT2D eigenvalue weighted by Crippen LogP contribution is 2.19. The Hall–Kier alpha value is -2.94. The molecular weight excluding hydrogens is 304 g/mol. The van der Waals surface area contributed by atoms with Crippen LogP contribution in [0.5, 0.6) is 5.75 Å². The van der Waals surface area contributed by atoms with Gasteiger partial charge in [0.25, 0.3) is 5.91 Å². The predicted molar refractivity (Wildman–Crippen MR) is 82.4 cm³/mol. The minimum Gasteiger partial charge on any atom is -0.497 e. The zero-order chi connectivity index (χ0) is 15.5. The van der Waals surface area contributed by atoms with Crippen molar-refractivity contribution in [3.63, 3.8) is 0 Å². The van der Waals surface area contributed by atoms with Gasteiger partial charge in [0.05, 0.1) is 12.8 Å². The number of nitrogen functional groups attached to an aromatic ring is 1. The molecule has 0 aliphatic heterocycles. The van der Waals surface area contributed by atoms with E-state index in [0.717, 1.165) is 0 Å².